The van der Waals surface area contributed by atoms with E-state index in [1.807, 2.05) is 12.1 Å². The van der Waals surface area contributed by atoms with Crippen molar-refractivity contribution >= 4 is 22.5 Å². The van der Waals surface area contributed by atoms with E-state index in [-0.39, 0.29) is 0 Å². The molecule has 3 heteroatoms. The molecule has 1 aliphatic carbocycles. The van der Waals surface area contributed by atoms with Crippen molar-refractivity contribution in [1.29, 1.82) is 0 Å². The Morgan fingerprint density at radius 1 is 1.35 bits per heavy atom. The Balaban J connectivity index is 1.90. The number of H-pyrrole nitrogens is 1. The van der Waals surface area contributed by atoms with Gasteiger partial charge in [-0.1, -0.05) is 23.7 Å². The van der Waals surface area contributed by atoms with Crippen molar-refractivity contribution in [1.82, 2.24) is 10.3 Å². The number of benzene rings is 1. The Kier molecular flexibility index (Phi) is 1.92. The summed E-state index contributed by atoms with van der Waals surface area (Å²) in [4.78, 5) is 3.35. The van der Waals surface area contributed by atoms with E-state index in [9.17, 15) is 0 Å². The minimum Gasteiger partial charge on any atom is -0.360 e. The topological polar surface area (TPSA) is 27.8 Å². The second-order valence-electron chi connectivity index (χ2n) is 5.39. The molecule has 2 N–H and O–H groups in total. The molecule has 2 heterocycles. The molecule has 0 radical (unpaired) electrons. The lowest BCUT2D eigenvalue weighted by Gasteiger charge is -2.22. The van der Waals surface area contributed by atoms with Gasteiger partial charge in [0.2, 0.25) is 0 Å². The average Bonchev–Trinajstić information content (AvgIpc) is 2.93. The number of hydrogen-bond donors (Lipinski definition) is 2. The van der Waals surface area contributed by atoms with Crippen molar-refractivity contribution in [3.8, 4) is 0 Å². The van der Waals surface area contributed by atoms with E-state index in [0.717, 1.165) is 23.0 Å². The molecule has 1 unspecified atom stereocenters. The summed E-state index contributed by atoms with van der Waals surface area (Å²) in [5.74, 6) is 0.877. The number of halogens is 1. The summed E-state index contributed by atoms with van der Waals surface area (Å²) in [7, 11) is 0. The first-order chi connectivity index (χ1) is 8.31. The Labute approximate surface area is 105 Å². The Morgan fingerprint density at radius 2 is 2.29 bits per heavy atom. The SMILES string of the molecule is Clc1cccc2c(C34CNCC[C@@H]3C4)c[nH]c12. The fourth-order valence-corrected chi connectivity index (χ4v) is 3.75. The van der Waals surface area contributed by atoms with Crippen molar-refractivity contribution in [3.63, 3.8) is 0 Å². The molecule has 2 nitrogen and oxygen atoms in total. The first-order valence-corrected chi connectivity index (χ1v) is 6.66. The lowest BCUT2D eigenvalue weighted by molar-refractivity contribution is 0.449. The summed E-state index contributed by atoms with van der Waals surface area (Å²) >= 11 is 6.22. The molecule has 4 rings (SSSR count). The molecule has 2 atom stereocenters. The number of nitrogens with one attached hydrogen (secondary N) is 2. The molecule has 88 valence electrons. The number of aromatic nitrogens is 1. The van der Waals surface area contributed by atoms with Gasteiger partial charge in [-0.25, -0.2) is 0 Å². The van der Waals surface area contributed by atoms with Crippen LogP contribution in [0.1, 0.15) is 18.4 Å². The number of rotatable bonds is 1. The van der Waals surface area contributed by atoms with E-state index in [2.05, 4.69) is 22.6 Å². The third kappa shape index (κ3) is 1.25. The number of fused-ring (bicyclic) bond motifs is 2. The van der Waals surface area contributed by atoms with Crippen molar-refractivity contribution < 1.29 is 0 Å². The molecule has 2 aliphatic rings. The third-order valence-corrected chi connectivity index (χ3v) is 4.86. The van der Waals surface area contributed by atoms with Crippen LogP contribution in [0.5, 0.6) is 0 Å². The second-order valence-corrected chi connectivity index (χ2v) is 5.79. The summed E-state index contributed by atoms with van der Waals surface area (Å²) in [6.45, 7) is 2.30. The number of piperidine rings is 1. The lowest BCUT2D eigenvalue weighted by atomic mass is 9.90. The molecule has 1 saturated heterocycles. The van der Waals surface area contributed by atoms with Crippen LogP contribution >= 0.6 is 11.6 Å². The van der Waals surface area contributed by atoms with Gasteiger partial charge in [0.25, 0.3) is 0 Å². The van der Waals surface area contributed by atoms with Gasteiger partial charge in [0.1, 0.15) is 0 Å². The van der Waals surface area contributed by atoms with Gasteiger partial charge >= 0.3 is 0 Å². The number of hydrogen-bond acceptors (Lipinski definition) is 1. The van der Waals surface area contributed by atoms with Crippen LogP contribution in [0.3, 0.4) is 0 Å². The lowest BCUT2D eigenvalue weighted by Crippen LogP contribution is -2.34. The molecule has 2 fully saturated rings. The zero-order chi connectivity index (χ0) is 11.5. The maximum absolute atomic E-state index is 6.22. The van der Waals surface area contributed by atoms with Crippen LogP contribution in [0.4, 0.5) is 0 Å². The molecular formula is C14H15ClN2. The number of para-hydroxylation sites is 1. The van der Waals surface area contributed by atoms with E-state index in [1.54, 1.807) is 0 Å². The predicted octanol–water partition coefficient (Wildman–Crippen LogP) is 3.07. The minimum absolute atomic E-state index is 0.390. The quantitative estimate of drug-likeness (QED) is 0.795. The average molecular weight is 247 g/mol. The summed E-state index contributed by atoms with van der Waals surface area (Å²) in [6, 6.07) is 6.18. The molecule has 1 saturated carbocycles. The van der Waals surface area contributed by atoms with E-state index in [4.69, 9.17) is 11.6 Å². The molecular weight excluding hydrogens is 232 g/mol. The van der Waals surface area contributed by atoms with E-state index in [0.29, 0.717) is 5.41 Å². The van der Waals surface area contributed by atoms with Gasteiger partial charge in [-0.15, -0.1) is 0 Å². The van der Waals surface area contributed by atoms with Gasteiger partial charge < -0.3 is 10.3 Å². The van der Waals surface area contributed by atoms with Crippen molar-refractivity contribution in [2.24, 2.45) is 5.92 Å². The van der Waals surface area contributed by atoms with Crippen molar-refractivity contribution in [2.45, 2.75) is 18.3 Å². The largest absolute Gasteiger partial charge is 0.360 e. The fraction of sp³-hybridized carbons (Fsp3) is 0.429. The van der Waals surface area contributed by atoms with Gasteiger partial charge in [-0.2, -0.15) is 0 Å². The first kappa shape index (κ1) is 9.98. The van der Waals surface area contributed by atoms with Crippen LogP contribution in [0.25, 0.3) is 10.9 Å². The van der Waals surface area contributed by atoms with Crippen LogP contribution < -0.4 is 5.32 Å². The Morgan fingerprint density at radius 3 is 3.18 bits per heavy atom. The standard InChI is InChI=1S/C14H15ClN2/c15-12-3-1-2-10-11(7-17-13(10)12)14-6-9(14)4-5-16-8-14/h1-3,7,9,16-17H,4-6,8H2/t9-,14?/m1/s1. The highest BCUT2D eigenvalue weighted by Crippen LogP contribution is 2.58. The maximum atomic E-state index is 6.22. The number of aromatic amines is 1. The molecule has 1 aromatic carbocycles. The van der Waals surface area contributed by atoms with Crippen LogP contribution in [-0.4, -0.2) is 18.1 Å². The van der Waals surface area contributed by atoms with E-state index in [1.165, 1.54) is 30.3 Å². The van der Waals surface area contributed by atoms with Crippen molar-refractivity contribution in [3.05, 3.63) is 35.0 Å². The molecule has 2 aromatic rings. The monoisotopic (exact) mass is 246 g/mol. The summed E-state index contributed by atoms with van der Waals surface area (Å²) in [5.41, 5.74) is 2.95. The Bertz CT molecular complexity index is 589. The van der Waals surface area contributed by atoms with Crippen LogP contribution in [0.15, 0.2) is 24.4 Å². The van der Waals surface area contributed by atoms with Crippen LogP contribution in [-0.2, 0) is 5.41 Å². The molecule has 1 aliphatic heterocycles. The zero-order valence-electron chi connectivity index (χ0n) is 9.59. The Hall–Kier alpha value is -0.990. The summed E-state index contributed by atoms with van der Waals surface area (Å²) < 4.78 is 0. The molecule has 0 amide bonds. The van der Waals surface area contributed by atoms with Gasteiger partial charge in [0, 0.05) is 23.5 Å². The molecule has 1 aromatic heterocycles. The van der Waals surface area contributed by atoms with E-state index < -0.39 is 0 Å². The third-order valence-electron chi connectivity index (χ3n) is 4.54. The zero-order valence-corrected chi connectivity index (χ0v) is 10.3. The maximum Gasteiger partial charge on any atom is 0.0647 e. The van der Waals surface area contributed by atoms with Crippen LogP contribution in [0.2, 0.25) is 5.02 Å². The van der Waals surface area contributed by atoms with Crippen LogP contribution in [0, 0.1) is 5.92 Å². The summed E-state index contributed by atoms with van der Waals surface area (Å²) in [5, 5.41) is 5.67. The molecule has 17 heavy (non-hydrogen) atoms. The smallest absolute Gasteiger partial charge is 0.0647 e. The van der Waals surface area contributed by atoms with Gasteiger partial charge in [0.05, 0.1) is 10.5 Å². The molecule has 0 spiro atoms. The predicted molar refractivity (Wildman–Crippen MR) is 70.6 cm³/mol. The summed E-state index contributed by atoms with van der Waals surface area (Å²) in [6.07, 6.45) is 4.82. The molecule has 0 bridgehead atoms. The van der Waals surface area contributed by atoms with Gasteiger partial charge in [-0.3, -0.25) is 0 Å². The highest BCUT2D eigenvalue weighted by atomic mass is 35.5. The minimum atomic E-state index is 0.390. The highest BCUT2D eigenvalue weighted by Gasteiger charge is 2.56. The van der Waals surface area contributed by atoms with E-state index >= 15 is 0 Å². The van der Waals surface area contributed by atoms with Crippen molar-refractivity contribution in [2.75, 3.05) is 13.1 Å². The first-order valence-electron chi connectivity index (χ1n) is 6.28. The fourth-order valence-electron chi connectivity index (χ4n) is 3.52. The van der Waals surface area contributed by atoms with Gasteiger partial charge in [-0.05, 0) is 36.9 Å². The second kappa shape index (κ2) is 3.27. The highest BCUT2D eigenvalue weighted by molar-refractivity contribution is 6.35. The normalized spacial score (nSPS) is 31.5. The van der Waals surface area contributed by atoms with Gasteiger partial charge in [0.15, 0.2) is 0 Å².